The molecule has 1 atom stereocenters. The third-order valence-electron chi connectivity index (χ3n) is 2.31. The first-order valence-electron chi connectivity index (χ1n) is 5.46. The Morgan fingerprint density at radius 3 is 2.78 bits per heavy atom. The van der Waals surface area contributed by atoms with E-state index in [9.17, 15) is 9.59 Å². The predicted molar refractivity (Wildman–Crippen MR) is 72.8 cm³/mol. The molecule has 1 aromatic rings. The maximum atomic E-state index is 11.4. The number of rotatable bonds is 6. The molecule has 0 saturated carbocycles. The summed E-state index contributed by atoms with van der Waals surface area (Å²) in [6.45, 7) is 0. The summed E-state index contributed by atoms with van der Waals surface area (Å²) in [5.74, 6) is -1.13. The zero-order chi connectivity index (χ0) is 13.5. The number of carbonyl (C=O) groups is 2. The molecule has 0 radical (unpaired) electrons. The molecule has 1 unspecified atom stereocenters. The monoisotopic (exact) mass is 314 g/mol. The van der Waals surface area contributed by atoms with Crippen molar-refractivity contribution in [3.63, 3.8) is 0 Å². The molecule has 18 heavy (non-hydrogen) atoms. The number of carboxylic acids is 1. The highest BCUT2D eigenvalue weighted by Gasteiger charge is 2.12. The first-order chi connectivity index (χ1) is 8.52. The fraction of sp³-hybridized carbons (Fsp3) is 0.333. The van der Waals surface area contributed by atoms with Gasteiger partial charge in [0.1, 0.15) is 6.04 Å². The van der Waals surface area contributed by atoms with Gasteiger partial charge in [0, 0.05) is 17.4 Å². The number of benzene rings is 1. The highest BCUT2D eigenvalue weighted by atomic mass is 79.9. The van der Waals surface area contributed by atoms with Gasteiger partial charge in [-0.1, -0.05) is 28.1 Å². The normalized spacial score (nSPS) is 11.9. The van der Waals surface area contributed by atoms with Crippen molar-refractivity contribution in [1.82, 2.24) is 0 Å². The molecule has 1 rings (SSSR count). The van der Waals surface area contributed by atoms with Crippen molar-refractivity contribution < 1.29 is 14.7 Å². The number of nitrogens with one attached hydrogen (secondary N) is 1. The van der Waals surface area contributed by atoms with Crippen LogP contribution in [0.1, 0.15) is 12.0 Å². The Labute approximate surface area is 113 Å². The highest BCUT2D eigenvalue weighted by molar-refractivity contribution is 9.09. The van der Waals surface area contributed by atoms with Gasteiger partial charge in [-0.2, -0.15) is 0 Å². The second-order valence-corrected chi connectivity index (χ2v) is 4.63. The van der Waals surface area contributed by atoms with Gasteiger partial charge in [0.15, 0.2) is 0 Å². The van der Waals surface area contributed by atoms with Crippen molar-refractivity contribution in [2.75, 3.05) is 10.6 Å². The molecule has 0 heterocycles. The van der Waals surface area contributed by atoms with Crippen molar-refractivity contribution >= 4 is 33.5 Å². The second kappa shape index (κ2) is 7.13. The fourth-order valence-corrected chi connectivity index (χ4v) is 1.79. The van der Waals surface area contributed by atoms with Gasteiger partial charge >= 0.3 is 5.97 Å². The van der Waals surface area contributed by atoms with Gasteiger partial charge in [-0.05, 0) is 24.1 Å². The maximum Gasteiger partial charge on any atom is 0.320 e. The van der Waals surface area contributed by atoms with Gasteiger partial charge in [0.25, 0.3) is 0 Å². The van der Waals surface area contributed by atoms with Gasteiger partial charge in [-0.15, -0.1) is 0 Å². The molecule has 0 aromatic heterocycles. The minimum atomic E-state index is -1.04. The average molecular weight is 315 g/mol. The van der Waals surface area contributed by atoms with Gasteiger partial charge < -0.3 is 16.2 Å². The number of hydrogen-bond donors (Lipinski definition) is 3. The molecule has 6 heteroatoms. The zero-order valence-electron chi connectivity index (χ0n) is 9.73. The quantitative estimate of drug-likeness (QED) is 0.691. The SMILES string of the molecule is NC(Cc1cccc(NC(=O)CCBr)c1)C(=O)O. The number of alkyl halides is 1. The van der Waals surface area contributed by atoms with E-state index in [0.717, 1.165) is 5.56 Å². The van der Waals surface area contributed by atoms with Crippen molar-refractivity contribution in [2.24, 2.45) is 5.73 Å². The molecule has 0 bridgehead atoms. The van der Waals surface area contributed by atoms with Crippen LogP contribution in [0.5, 0.6) is 0 Å². The lowest BCUT2D eigenvalue weighted by atomic mass is 10.1. The first-order valence-corrected chi connectivity index (χ1v) is 6.58. The summed E-state index contributed by atoms with van der Waals surface area (Å²) in [5.41, 5.74) is 6.88. The molecule has 5 nitrogen and oxygen atoms in total. The number of halogens is 1. The molecule has 0 aliphatic heterocycles. The van der Waals surface area contributed by atoms with Gasteiger partial charge in [-0.25, -0.2) is 0 Å². The smallest absolute Gasteiger partial charge is 0.320 e. The van der Waals surface area contributed by atoms with E-state index >= 15 is 0 Å². The third kappa shape index (κ3) is 4.85. The Hall–Kier alpha value is -1.40. The topological polar surface area (TPSA) is 92.4 Å². The van der Waals surface area contributed by atoms with Crippen molar-refractivity contribution in [2.45, 2.75) is 18.9 Å². The molecule has 1 amide bonds. The molecular formula is C12H15BrN2O3. The standard InChI is InChI=1S/C12H15BrN2O3/c13-5-4-11(16)15-9-3-1-2-8(6-9)7-10(14)12(17)18/h1-3,6,10H,4-5,7,14H2,(H,15,16)(H,17,18). The van der Waals surface area contributed by atoms with E-state index in [2.05, 4.69) is 21.2 Å². The van der Waals surface area contributed by atoms with E-state index in [1.165, 1.54) is 0 Å². The molecular weight excluding hydrogens is 300 g/mol. The van der Waals surface area contributed by atoms with Crippen molar-refractivity contribution in [3.8, 4) is 0 Å². The lowest BCUT2D eigenvalue weighted by molar-refractivity contribution is -0.138. The van der Waals surface area contributed by atoms with Crippen LogP contribution < -0.4 is 11.1 Å². The molecule has 0 saturated heterocycles. The Balaban J connectivity index is 2.67. The van der Waals surface area contributed by atoms with Gasteiger partial charge in [0.05, 0.1) is 0 Å². The van der Waals surface area contributed by atoms with Crippen LogP contribution in [0.3, 0.4) is 0 Å². The van der Waals surface area contributed by atoms with Crippen LogP contribution in [0.15, 0.2) is 24.3 Å². The number of aliphatic carboxylic acids is 1. The number of amides is 1. The second-order valence-electron chi connectivity index (χ2n) is 3.84. The largest absolute Gasteiger partial charge is 0.480 e. The molecule has 0 spiro atoms. The lowest BCUT2D eigenvalue weighted by Gasteiger charge is -2.09. The molecule has 1 aromatic carbocycles. The van der Waals surface area contributed by atoms with Gasteiger partial charge in [-0.3, -0.25) is 9.59 Å². The van der Waals surface area contributed by atoms with Crippen LogP contribution in [0.25, 0.3) is 0 Å². The Morgan fingerprint density at radius 1 is 1.44 bits per heavy atom. The van der Waals surface area contributed by atoms with Crippen LogP contribution in [-0.4, -0.2) is 28.4 Å². The molecule has 0 fully saturated rings. The van der Waals surface area contributed by atoms with Crippen LogP contribution in [0, 0.1) is 0 Å². The number of carboxylic acid groups (broad SMARTS) is 1. The van der Waals surface area contributed by atoms with Crippen LogP contribution in [0.4, 0.5) is 5.69 Å². The fourth-order valence-electron chi connectivity index (χ4n) is 1.43. The maximum absolute atomic E-state index is 11.4. The summed E-state index contributed by atoms with van der Waals surface area (Å²) in [7, 11) is 0. The van der Waals surface area contributed by atoms with Crippen molar-refractivity contribution in [1.29, 1.82) is 0 Å². The van der Waals surface area contributed by atoms with E-state index in [1.54, 1.807) is 24.3 Å². The summed E-state index contributed by atoms with van der Waals surface area (Å²) < 4.78 is 0. The summed E-state index contributed by atoms with van der Waals surface area (Å²) in [4.78, 5) is 22.0. The Bertz CT molecular complexity index is 437. The number of hydrogen-bond acceptors (Lipinski definition) is 3. The Kier molecular flexibility index (Phi) is 5.80. The molecule has 4 N–H and O–H groups in total. The van der Waals surface area contributed by atoms with E-state index in [-0.39, 0.29) is 12.3 Å². The summed E-state index contributed by atoms with van der Waals surface area (Å²) in [6.07, 6.45) is 0.621. The van der Waals surface area contributed by atoms with E-state index in [0.29, 0.717) is 17.4 Å². The molecule has 98 valence electrons. The van der Waals surface area contributed by atoms with E-state index in [4.69, 9.17) is 10.8 Å². The van der Waals surface area contributed by atoms with Gasteiger partial charge in [0.2, 0.25) is 5.91 Å². The number of carbonyl (C=O) groups excluding carboxylic acids is 1. The van der Waals surface area contributed by atoms with Crippen LogP contribution in [0.2, 0.25) is 0 Å². The molecule has 0 aliphatic rings. The van der Waals surface area contributed by atoms with Crippen LogP contribution in [-0.2, 0) is 16.0 Å². The zero-order valence-corrected chi connectivity index (χ0v) is 11.3. The number of anilines is 1. The highest BCUT2D eigenvalue weighted by Crippen LogP contribution is 2.12. The minimum Gasteiger partial charge on any atom is -0.480 e. The number of nitrogens with two attached hydrogens (primary N) is 1. The summed E-state index contributed by atoms with van der Waals surface area (Å²) >= 11 is 3.18. The first kappa shape index (κ1) is 14.7. The van der Waals surface area contributed by atoms with E-state index < -0.39 is 12.0 Å². The summed E-state index contributed by atoms with van der Waals surface area (Å²) in [5, 5.41) is 12.1. The van der Waals surface area contributed by atoms with Crippen LogP contribution >= 0.6 is 15.9 Å². The Morgan fingerprint density at radius 2 is 2.17 bits per heavy atom. The van der Waals surface area contributed by atoms with Crippen molar-refractivity contribution in [3.05, 3.63) is 29.8 Å². The predicted octanol–water partition coefficient (Wildman–Crippen LogP) is 1.36. The minimum absolute atomic E-state index is 0.0911. The molecule has 0 aliphatic carbocycles. The summed E-state index contributed by atoms with van der Waals surface area (Å²) in [6, 6.07) is 6.09. The van der Waals surface area contributed by atoms with E-state index in [1.807, 2.05) is 0 Å². The average Bonchev–Trinajstić information content (AvgIpc) is 2.29. The lowest BCUT2D eigenvalue weighted by Crippen LogP contribution is -2.32. The third-order valence-corrected chi connectivity index (χ3v) is 2.70.